The van der Waals surface area contributed by atoms with Crippen LogP contribution < -0.4 is 5.73 Å². The third-order valence-corrected chi connectivity index (χ3v) is 3.84. The summed E-state index contributed by atoms with van der Waals surface area (Å²) in [5.74, 6) is 0.602. The largest absolute Gasteiger partial charge is 0.341 e. The molecule has 4 nitrogen and oxygen atoms in total. The first-order chi connectivity index (χ1) is 7.66. The summed E-state index contributed by atoms with van der Waals surface area (Å²) >= 11 is 0. The molecule has 92 valence electrons. The minimum atomic E-state index is 0.198. The maximum Gasteiger partial charge on any atom is 0.225 e. The summed E-state index contributed by atoms with van der Waals surface area (Å²) in [6.07, 6.45) is 4.17. The highest BCUT2D eigenvalue weighted by Gasteiger charge is 2.29. The van der Waals surface area contributed by atoms with E-state index in [1.165, 1.54) is 0 Å². The second kappa shape index (κ2) is 5.15. The standard InChI is InChI=1S/C12H23N3O/c1-14-7-4-10(5-8-14)12(16)15-6-2-3-11(13)9-15/h10-11H,2-9,13H2,1H3/t11-/m0/s1. The molecule has 0 aromatic rings. The smallest absolute Gasteiger partial charge is 0.225 e. The zero-order valence-electron chi connectivity index (χ0n) is 10.2. The number of nitrogens with two attached hydrogens (primary N) is 1. The van der Waals surface area contributed by atoms with Gasteiger partial charge in [-0.15, -0.1) is 0 Å². The van der Waals surface area contributed by atoms with E-state index in [0.29, 0.717) is 5.91 Å². The van der Waals surface area contributed by atoms with Crippen LogP contribution in [0.25, 0.3) is 0 Å². The van der Waals surface area contributed by atoms with Crippen LogP contribution in [0, 0.1) is 5.92 Å². The van der Waals surface area contributed by atoms with Crippen LogP contribution in [-0.2, 0) is 4.79 Å². The molecule has 0 unspecified atom stereocenters. The quantitative estimate of drug-likeness (QED) is 0.697. The average molecular weight is 225 g/mol. The molecule has 1 amide bonds. The van der Waals surface area contributed by atoms with Crippen LogP contribution >= 0.6 is 0 Å². The van der Waals surface area contributed by atoms with E-state index in [4.69, 9.17) is 5.73 Å². The molecule has 1 atom stereocenters. The van der Waals surface area contributed by atoms with Crippen molar-refractivity contribution in [3.63, 3.8) is 0 Å². The van der Waals surface area contributed by atoms with Gasteiger partial charge in [0, 0.05) is 25.0 Å². The van der Waals surface area contributed by atoms with Crippen molar-refractivity contribution in [3.05, 3.63) is 0 Å². The maximum absolute atomic E-state index is 12.3. The second-order valence-corrected chi connectivity index (χ2v) is 5.26. The Hall–Kier alpha value is -0.610. The van der Waals surface area contributed by atoms with Crippen molar-refractivity contribution in [3.8, 4) is 0 Å². The van der Waals surface area contributed by atoms with Crippen LogP contribution in [0.2, 0.25) is 0 Å². The number of carbonyl (C=O) groups is 1. The number of piperidine rings is 2. The van der Waals surface area contributed by atoms with E-state index in [1.54, 1.807) is 0 Å². The first-order valence-corrected chi connectivity index (χ1v) is 6.39. The second-order valence-electron chi connectivity index (χ2n) is 5.26. The Morgan fingerprint density at radius 1 is 1.19 bits per heavy atom. The van der Waals surface area contributed by atoms with Crippen molar-refractivity contribution in [1.29, 1.82) is 0 Å². The molecule has 4 heteroatoms. The lowest BCUT2D eigenvalue weighted by atomic mass is 9.94. The molecule has 0 bridgehead atoms. The summed E-state index contributed by atoms with van der Waals surface area (Å²) in [5, 5.41) is 0. The molecular formula is C12H23N3O. The van der Waals surface area contributed by atoms with Gasteiger partial charge in [0.15, 0.2) is 0 Å². The van der Waals surface area contributed by atoms with E-state index in [2.05, 4.69) is 11.9 Å². The summed E-state index contributed by atoms with van der Waals surface area (Å²) in [6, 6.07) is 0.198. The van der Waals surface area contributed by atoms with Gasteiger partial charge < -0.3 is 15.5 Å². The zero-order chi connectivity index (χ0) is 11.5. The number of rotatable bonds is 1. The van der Waals surface area contributed by atoms with Gasteiger partial charge in [-0.2, -0.15) is 0 Å². The molecule has 2 N–H and O–H groups in total. The lowest BCUT2D eigenvalue weighted by Crippen LogP contribution is -2.49. The van der Waals surface area contributed by atoms with E-state index >= 15 is 0 Å². The van der Waals surface area contributed by atoms with Crippen LogP contribution in [0.4, 0.5) is 0 Å². The third kappa shape index (κ3) is 2.74. The van der Waals surface area contributed by atoms with Gasteiger partial charge in [-0.3, -0.25) is 4.79 Å². The number of hydrogen-bond acceptors (Lipinski definition) is 3. The molecule has 2 aliphatic heterocycles. The summed E-state index contributed by atoms with van der Waals surface area (Å²) in [5.41, 5.74) is 5.91. The van der Waals surface area contributed by atoms with Crippen molar-refractivity contribution in [2.75, 3.05) is 33.2 Å². The van der Waals surface area contributed by atoms with Crippen molar-refractivity contribution in [2.45, 2.75) is 31.7 Å². The van der Waals surface area contributed by atoms with Gasteiger partial charge in [0.25, 0.3) is 0 Å². The predicted octanol–water partition coefficient (Wildman–Crippen LogP) is 0.278. The minimum Gasteiger partial charge on any atom is -0.341 e. The van der Waals surface area contributed by atoms with Gasteiger partial charge >= 0.3 is 0 Å². The Labute approximate surface area is 97.8 Å². The van der Waals surface area contributed by atoms with Crippen LogP contribution in [0.15, 0.2) is 0 Å². The lowest BCUT2D eigenvalue weighted by Gasteiger charge is -2.36. The fourth-order valence-electron chi connectivity index (χ4n) is 2.72. The summed E-state index contributed by atoms with van der Waals surface area (Å²) in [7, 11) is 2.12. The van der Waals surface area contributed by atoms with E-state index in [1.807, 2.05) is 4.90 Å². The number of amides is 1. The van der Waals surface area contributed by atoms with Crippen molar-refractivity contribution in [1.82, 2.24) is 9.80 Å². The highest BCUT2D eigenvalue weighted by atomic mass is 16.2. The molecule has 0 saturated carbocycles. The lowest BCUT2D eigenvalue weighted by molar-refractivity contribution is -0.138. The molecule has 0 aliphatic carbocycles. The summed E-state index contributed by atoms with van der Waals surface area (Å²) < 4.78 is 0. The summed E-state index contributed by atoms with van der Waals surface area (Å²) in [4.78, 5) is 16.5. The van der Waals surface area contributed by atoms with Crippen LogP contribution in [0.1, 0.15) is 25.7 Å². The molecule has 0 radical (unpaired) electrons. The van der Waals surface area contributed by atoms with Gasteiger partial charge in [-0.25, -0.2) is 0 Å². The monoisotopic (exact) mass is 225 g/mol. The molecule has 2 saturated heterocycles. The molecule has 2 fully saturated rings. The van der Waals surface area contributed by atoms with Crippen molar-refractivity contribution in [2.24, 2.45) is 11.7 Å². The van der Waals surface area contributed by atoms with Crippen LogP contribution in [0.5, 0.6) is 0 Å². The van der Waals surface area contributed by atoms with Gasteiger partial charge in [0.1, 0.15) is 0 Å². The van der Waals surface area contributed by atoms with E-state index in [9.17, 15) is 4.79 Å². The minimum absolute atomic E-state index is 0.198. The fraction of sp³-hybridized carbons (Fsp3) is 0.917. The predicted molar refractivity (Wildman–Crippen MR) is 64.0 cm³/mol. The first-order valence-electron chi connectivity index (χ1n) is 6.39. The first kappa shape index (κ1) is 11.9. The highest BCUT2D eigenvalue weighted by Crippen LogP contribution is 2.20. The Bertz CT molecular complexity index is 249. The van der Waals surface area contributed by atoms with Gasteiger partial charge in [0.2, 0.25) is 5.91 Å². The van der Waals surface area contributed by atoms with Crippen molar-refractivity contribution >= 4 is 5.91 Å². The van der Waals surface area contributed by atoms with Gasteiger partial charge in [-0.1, -0.05) is 0 Å². The molecule has 2 rings (SSSR count). The summed E-state index contributed by atoms with van der Waals surface area (Å²) in [6.45, 7) is 3.79. The Balaban J connectivity index is 1.86. The number of carbonyl (C=O) groups excluding carboxylic acids is 1. The Kier molecular flexibility index (Phi) is 3.82. The molecule has 16 heavy (non-hydrogen) atoms. The van der Waals surface area contributed by atoms with E-state index in [0.717, 1.165) is 51.9 Å². The Morgan fingerprint density at radius 2 is 1.88 bits per heavy atom. The SMILES string of the molecule is CN1CCC(C(=O)N2CCC[C@H](N)C2)CC1. The molecule has 0 aromatic heterocycles. The number of likely N-dealkylation sites (tertiary alicyclic amines) is 2. The molecule has 2 aliphatic rings. The van der Waals surface area contributed by atoms with E-state index in [-0.39, 0.29) is 12.0 Å². The fourth-order valence-corrected chi connectivity index (χ4v) is 2.72. The molecule has 0 aromatic carbocycles. The number of nitrogens with zero attached hydrogens (tertiary/aromatic N) is 2. The van der Waals surface area contributed by atoms with Gasteiger partial charge in [-0.05, 0) is 45.8 Å². The highest BCUT2D eigenvalue weighted by molar-refractivity contribution is 5.79. The van der Waals surface area contributed by atoms with Crippen molar-refractivity contribution < 1.29 is 4.79 Å². The van der Waals surface area contributed by atoms with E-state index < -0.39 is 0 Å². The molecule has 0 spiro atoms. The zero-order valence-corrected chi connectivity index (χ0v) is 10.2. The molecular weight excluding hydrogens is 202 g/mol. The topological polar surface area (TPSA) is 49.6 Å². The molecule has 2 heterocycles. The maximum atomic E-state index is 12.3. The van der Waals surface area contributed by atoms with Crippen LogP contribution in [0.3, 0.4) is 0 Å². The third-order valence-electron chi connectivity index (χ3n) is 3.84. The van der Waals surface area contributed by atoms with Crippen LogP contribution in [-0.4, -0.2) is 55.0 Å². The number of hydrogen-bond donors (Lipinski definition) is 1. The Morgan fingerprint density at radius 3 is 2.50 bits per heavy atom. The average Bonchev–Trinajstić information content (AvgIpc) is 2.29. The van der Waals surface area contributed by atoms with Gasteiger partial charge in [0.05, 0.1) is 0 Å². The normalized spacial score (nSPS) is 29.4.